The van der Waals surface area contributed by atoms with Crippen LogP contribution in [0.4, 0.5) is 4.39 Å². The van der Waals surface area contributed by atoms with E-state index in [2.05, 4.69) is 0 Å². The number of fused-ring (bicyclic) bond motifs is 1. The second-order valence-electron chi connectivity index (χ2n) is 7.53. The smallest absolute Gasteiger partial charge is 0.266 e. The quantitative estimate of drug-likeness (QED) is 0.409. The van der Waals surface area contributed by atoms with Gasteiger partial charge in [-0.15, -0.1) is 0 Å². The van der Waals surface area contributed by atoms with Gasteiger partial charge >= 0.3 is 0 Å². The molecule has 0 bridgehead atoms. The molecule has 0 radical (unpaired) electrons. The Labute approximate surface area is 195 Å². The summed E-state index contributed by atoms with van der Waals surface area (Å²) in [4.78, 5) is 12.4. The van der Waals surface area contributed by atoms with E-state index in [0.717, 1.165) is 9.87 Å². The normalized spacial score (nSPS) is 16.2. The predicted molar refractivity (Wildman–Crippen MR) is 119 cm³/mol. The van der Waals surface area contributed by atoms with Crippen LogP contribution in [0.2, 0.25) is 5.02 Å². The summed E-state index contributed by atoms with van der Waals surface area (Å²) in [6.07, 6.45) is 0.227. The number of sulfonamides is 1. The number of hydrogen-bond donors (Lipinski definition) is 2. The summed E-state index contributed by atoms with van der Waals surface area (Å²) in [5, 5.41) is 9.81. The summed E-state index contributed by atoms with van der Waals surface area (Å²) in [5.41, 5.74) is 2.71. The Morgan fingerprint density at radius 3 is 2.30 bits per heavy atom. The Morgan fingerprint density at radius 1 is 1.09 bits per heavy atom. The van der Waals surface area contributed by atoms with Crippen molar-refractivity contribution in [2.75, 3.05) is 6.54 Å². The minimum Gasteiger partial charge on any atom is -0.457 e. The lowest BCUT2D eigenvalue weighted by molar-refractivity contribution is -0.133. The van der Waals surface area contributed by atoms with E-state index in [1.54, 1.807) is 37.3 Å². The van der Waals surface area contributed by atoms with Gasteiger partial charge in [0.2, 0.25) is 10.0 Å². The summed E-state index contributed by atoms with van der Waals surface area (Å²) >= 11 is 5.86. The lowest BCUT2D eigenvalue weighted by atomic mass is 9.90. The molecule has 7 nitrogen and oxygen atoms in total. The number of benzene rings is 3. The molecule has 0 fully saturated rings. The van der Waals surface area contributed by atoms with E-state index in [0.29, 0.717) is 22.1 Å². The summed E-state index contributed by atoms with van der Waals surface area (Å²) < 4.78 is 48.2. The highest BCUT2D eigenvalue weighted by atomic mass is 35.5. The first-order valence-electron chi connectivity index (χ1n) is 9.99. The van der Waals surface area contributed by atoms with Crippen LogP contribution >= 0.6 is 11.6 Å². The van der Waals surface area contributed by atoms with Crippen LogP contribution in [0.15, 0.2) is 65.6 Å². The molecule has 1 aliphatic rings. The van der Waals surface area contributed by atoms with Crippen molar-refractivity contribution in [3.05, 3.63) is 88.2 Å². The minimum absolute atomic E-state index is 0.0548. The van der Waals surface area contributed by atoms with E-state index in [4.69, 9.17) is 16.3 Å². The van der Waals surface area contributed by atoms with Gasteiger partial charge in [0.1, 0.15) is 23.4 Å². The number of hydrogen-bond acceptors (Lipinski definition) is 5. The van der Waals surface area contributed by atoms with Crippen LogP contribution in [0.3, 0.4) is 0 Å². The van der Waals surface area contributed by atoms with Crippen LogP contribution in [0, 0.1) is 12.7 Å². The topological polar surface area (TPSA) is 95.9 Å². The summed E-state index contributed by atoms with van der Waals surface area (Å²) in [6, 6.07) is 13.5. The first kappa shape index (κ1) is 23.2. The Hall–Kier alpha value is -2.98. The zero-order chi connectivity index (χ0) is 23.8. The fraction of sp³-hybridized carbons (Fsp3) is 0.174. The molecule has 4 rings (SSSR count). The molecule has 1 atom stereocenters. The van der Waals surface area contributed by atoms with Gasteiger partial charge in [-0.3, -0.25) is 10.0 Å². The van der Waals surface area contributed by atoms with E-state index in [-0.39, 0.29) is 23.4 Å². The average Bonchev–Trinajstić information content (AvgIpc) is 2.82. The third-order valence-corrected chi connectivity index (χ3v) is 7.65. The molecule has 3 aromatic rings. The second-order valence-corrected chi connectivity index (χ2v) is 9.86. The first-order valence-corrected chi connectivity index (χ1v) is 11.8. The molecule has 1 aliphatic heterocycles. The number of nitrogens with zero attached hydrogens (tertiary/aromatic N) is 1. The lowest BCUT2D eigenvalue weighted by Crippen LogP contribution is -2.47. The zero-order valence-corrected chi connectivity index (χ0v) is 19.0. The summed E-state index contributed by atoms with van der Waals surface area (Å²) in [6.45, 7) is 1.70. The molecule has 0 spiro atoms. The van der Waals surface area contributed by atoms with Gasteiger partial charge in [-0.25, -0.2) is 18.3 Å². The number of ether oxygens (including phenoxy) is 1. The fourth-order valence-corrected chi connectivity index (χ4v) is 5.59. The lowest BCUT2D eigenvalue weighted by Gasteiger charge is -2.35. The highest BCUT2D eigenvalue weighted by molar-refractivity contribution is 7.89. The Balaban J connectivity index is 1.67. The third kappa shape index (κ3) is 4.45. The van der Waals surface area contributed by atoms with E-state index < -0.39 is 27.8 Å². The van der Waals surface area contributed by atoms with Crippen molar-refractivity contribution in [3.8, 4) is 11.5 Å². The molecular formula is C23H20ClFN2O5S. The average molecular weight is 491 g/mol. The van der Waals surface area contributed by atoms with Gasteiger partial charge in [0.25, 0.3) is 5.91 Å². The molecule has 0 saturated heterocycles. The maximum absolute atomic E-state index is 14.7. The maximum Gasteiger partial charge on any atom is 0.266 e. The van der Waals surface area contributed by atoms with Crippen molar-refractivity contribution >= 4 is 27.5 Å². The summed E-state index contributed by atoms with van der Waals surface area (Å²) in [7, 11) is -4.21. The number of halogens is 2. The van der Waals surface area contributed by atoms with Gasteiger partial charge in [-0.2, -0.15) is 4.31 Å². The Kier molecular flexibility index (Phi) is 6.40. The van der Waals surface area contributed by atoms with Crippen molar-refractivity contribution in [1.82, 2.24) is 9.79 Å². The number of rotatable bonds is 5. The number of carbonyl (C=O) groups is 1. The molecule has 172 valence electrons. The zero-order valence-electron chi connectivity index (χ0n) is 17.5. The van der Waals surface area contributed by atoms with Crippen LogP contribution in [0.25, 0.3) is 0 Å². The molecule has 0 unspecified atom stereocenters. The largest absolute Gasteiger partial charge is 0.457 e. The monoisotopic (exact) mass is 490 g/mol. The molecule has 0 aromatic heterocycles. The van der Waals surface area contributed by atoms with Crippen LogP contribution in [-0.2, 0) is 21.2 Å². The first-order chi connectivity index (χ1) is 15.7. The standard InChI is InChI=1S/C23H20ClFN2O5S/c1-14-2-11-20(25)21-19(14)12-13-27(22(21)23(28)26-29)33(30,31)18-9-7-17(8-10-18)32-16-5-3-15(24)4-6-16/h2-11,22,29H,12-13H2,1H3,(H,26,28)/t22-/m0/s1. The van der Waals surface area contributed by atoms with Gasteiger partial charge < -0.3 is 4.74 Å². The van der Waals surface area contributed by atoms with Crippen molar-refractivity contribution in [3.63, 3.8) is 0 Å². The molecule has 3 aromatic carbocycles. The van der Waals surface area contributed by atoms with E-state index in [1.807, 2.05) is 0 Å². The van der Waals surface area contributed by atoms with Crippen LogP contribution in [0.1, 0.15) is 22.7 Å². The summed E-state index contributed by atoms with van der Waals surface area (Å²) in [5.74, 6) is -0.831. The molecule has 0 saturated carbocycles. The second kappa shape index (κ2) is 9.11. The van der Waals surface area contributed by atoms with Gasteiger partial charge in [-0.05, 0) is 79.1 Å². The number of amides is 1. The number of aryl methyl sites for hydroxylation is 1. The van der Waals surface area contributed by atoms with Crippen LogP contribution in [0.5, 0.6) is 11.5 Å². The number of carbonyl (C=O) groups excluding carboxylic acids is 1. The van der Waals surface area contributed by atoms with Crippen molar-refractivity contribution < 1.29 is 27.5 Å². The van der Waals surface area contributed by atoms with Crippen molar-refractivity contribution in [2.24, 2.45) is 0 Å². The molecule has 10 heteroatoms. The number of nitrogens with one attached hydrogen (secondary N) is 1. The SMILES string of the molecule is Cc1ccc(F)c2c1CCN(S(=O)(=O)c1ccc(Oc3ccc(Cl)cc3)cc1)[C@@H]2C(=O)NO. The highest BCUT2D eigenvalue weighted by Gasteiger charge is 2.42. The van der Waals surface area contributed by atoms with E-state index in [1.165, 1.54) is 35.8 Å². The molecule has 1 amide bonds. The van der Waals surface area contributed by atoms with Crippen LogP contribution in [-0.4, -0.2) is 30.4 Å². The molecule has 33 heavy (non-hydrogen) atoms. The van der Waals surface area contributed by atoms with Gasteiger partial charge in [0.15, 0.2) is 0 Å². The van der Waals surface area contributed by atoms with Gasteiger partial charge in [0.05, 0.1) is 4.90 Å². The highest BCUT2D eigenvalue weighted by Crippen LogP contribution is 2.37. The fourth-order valence-electron chi connectivity index (χ4n) is 3.90. The number of hydroxylamine groups is 1. The molecule has 0 aliphatic carbocycles. The Morgan fingerprint density at radius 2 is 1.70 bits per heavy atom. The van der Waals surface area contributed by atoms with Gasteiger partial charge in [0, 0.05) is 17.1 Å². The molecule has 2 N–H and O–H groups in total. The van der Waals surface area contributed by atoms with Crippen molar-refractivity contribution in [1.29, 1.82) is 0 Å². The third-order valence-electron chi connectivity index (χ3n) is 5.52. The maximum atomic E-state index is 14.7. The van der Waals surface area contributed by atoms with Crippen molar-refractivity contribution in [2.45, 2.75) is 24.3 Å². The Bertz CT molecular complexity index is 1300. The predicted octanol–water partition coefficient (Wildman–Crippen LogP) is 4.37. The van der Waals surface area contributed by atoms with Gasteiger partial charge in [-0.1, -0.05) is 17.7 Å². The van der Waals surface area contributed by atoms with E-state index >= 15 is 0 Å². The van der Waals surface area contributed by atoms with E-state index in [9.17, 15) is 22.8 Å². The minimum atomic E-state index is -4.21. The van der Waals surface area contributed by atoms with Crippen LogP contribution < -0.4 is 10.2 Å². The molecular weight excluding hydrogens is 471 g/mol. The molecule has 1 heterocycles.